The van der Waals surface area contributed by atoms with Gasteiger partial charge in [0.1, 0.15) is 0 Å². The zero-order valence-corrected chi connectivity index (χ0v) is 22.1. The van der Waals surface area contributed by atoms with Gasteiger partial charge in [-0.25, -0.2) is 13.8 Å². The summed E-state index contributed by atoms with van der Waals surface area (Å²) in [7, 11) is -3.56. The number of sulfonamides is 1. The molecule has 8 heteroatoms. The van der Waals surface area contributed by atoms with Gasteiger partial charge in [0.15, 0.2) is 0 Å². The molecule has 38 heavy (non-hydrogen) atoms. The van der Waals surface area contributed by atoms with Gasteiger partial charge in [0.25, 0.3) is 5.91 Å². The number of rotatable bonds is 7. The van der Waals surface area contributed by atoms with E-state index in [9.17, 15) is 13.2 Å². The van der Waals surface area contributed by atoms with Crippen LogP contribution >= 0.6 is 11.6 Å². The standard InChI is InChI=1S/C30H24ClN3O3S/c1-38(36,37)34(20-21-10-14-25(31)15-11-21)26-16-12-22(13-17-26)30(35)33-32-19-29-27-8-4-2-6-23(27)18-24-7-3-5-9-28(24)29/h2-19H,20H2,1H3,(H,33,35)/b32-19+. The Labute approximate surface area is 226 Å². The molecule has 0 bridgehead atoms. The topological polar surface area (TPSA) is 78.8 Å². The van der Waals surface area contributed by atoms with Crippen LogP contribution in [0.1, 0.15) is 21.5 Å². The Kier molecular flexibility index (Phi) is 7.13. The van der Waals surface area contributed by atoms with Gasteiger partial charge in [0.2, 0.25) is 10.0 Å². The van der Waals surface area contributed by atoms with E-state index in [1.165, 1.54) is 4.31 Å². The molecule has 0 spiro atoms. The molecule has 5 aromatic carbocycles. The average molecular weight is 542 g/mol. The van der Waals surface area contributed by atoms with E-state index in [4.69, 9.17) is 11.6 Å². The summed E-state index contributed by atoms with van der Waals surface area (Å²) in [6.45, 7) is 0.144. The van der Waals surface area contributed by atoms with E-state index in [1.807, 2.05) is 48.5 Å². The third-order valence-electron chi connectivity index (χ3n) is 6.23. The second kappa shape index (κ2) is 10.7. The van der Waals surface area contributed by atoms with Crippen molar-refractivity contribution in [3.05, 3.63) is 125 Å². The number of amides is 1. The summed E-state index contributed by atoms with van der Waals surface area (Å²) in [5.74, 6) is -0.402. The van der Waals surface area contributed by atoms with Gasteiger partial charge < -0.3 is 0 Å². The molecule has 0 atom stereocenters. The SMILES string of the molecule is CS(=O)(=O)N(Cc1ccc(Cl)cc1)c1ccc(C(=O)N/N=C/c2c3ccccc3cc3ccccc23)cc1. The Balaban J connectivity index is 1.35. The molecule has 0 heterocycles. The van der Waals surface area contributed by atoms with E-state index in [0.717, 1.165) is 38.9 Å². The number of nitrogens with zero attached hydrogens (tertiary/aromatic N) is 2. The van der Waals surface area contributed by atoms with Crippen LogP contribution in [-0.4, -0.2) is 26.8 Å². The first kappa shape index (κ1) is 25.4. The minimum Gasteiger partial charge on any atom is -0.267 e. The maximum absolute atomic E-state index is 12.8. The van der Waals surface area contributed by atoms with Gasteiger partial charge in [-0.2, -0.15) is 5.10 Å². The fourth-order valence-corrected chi connectivity index (χ4v) is 5.36. The van der Waals surface area contributed by atoms with Crippen molar-refractivity contribution in [2.75, 3.05) is 10.6 Å². The van der Waals surface area contributed by atoms with E-state index in [2.05, 4.69) is 16.6 Å². The largest absolute Gasteiger partial charge is 0.271 e. The molecule has 0 unspecified atom stereocenters. The van der Waals surface area contributed by atoms with Crippen molar-refractivity contribution in [2.45, 2.75) is 6.54 Å². The van der Waals surface area contributed by atoms with Crippen LogP contribution in [0.2, 0.25) is 5.02 Å². The van der Waals surface area contributed by atoms with Crippen molar-refractivity contribution in [3.63, 3.8) is 0 Å². The molecule has 0 radical (unpaired) electrons. The number of nitrogens with one attached hydrogen (secondary N) is 1. The number of carbonyl (C=O) groups excluding carboxylic acids is 1. The van der Waals surface area contributed by atoms with Crippen molar-refractivity contribution in [2.24, 2.45) is 5.10 Å². The molecule has 0 aromatic heterocycles. The average Bonchev–Trinajstić information content (AvgIpc) is 2.91. The maximum atomic E-state index is 12.8. The molecular weight excluding hydrogens is 518 g/mol. The number of hydrogen-bond acceptors (Lipinski definition) is 4. The zero-order chi connectivity index (χ0) is 26.7. The lowest BCUT2D eigenvalue weighted by molar-refractivity contribution is 0.0955. The molecule has 1 N–H and O–H groups in total. The van der Waals surface area contributed by atoms with Crippen LogP contribution in [0.15, 0.2) is 108 Å². The Morgan fingerprint density at radius 1 is 0.868 bits per heavy atom. The van der Waals surface area contributed by atoms with Crippen LogP contribution in [0.4, 0.5) is 5.69 Å². The highest BCUT2D eigenvalue weighted by atomic mass is 35.5. The fraction of sp³-hybridized carbons (Fsp3) is 0.0667. The highest BCUT2D eigenvalue weighted by molar-refractivity contribution is 7.92. The molecule has 5 aromatic rings. The molecule has 0 aliphatic carbocycles. The number of hydrazone groups is 1. The third-order valence-corrected chi connectivity index (χ3v) is 7.62. The summed E-state index contributed by atoms with van der Waals surface area (Å²) < 4.78 is 26.3. The van der Waals surface area contributed by atoms with Crippen LogP contribution < -0.4 is 9.73 Å². The smallest absolute Gasteiger partial charge is 0.267 e. The van der Waals surface area contributed by atoms with Crippen LogP contribution in [0, 0.1) is 0 Å². The Morgan fingerprint density at radius 3 is 2.03 bits per heavy atom. The number of fused-ring (bicyclic) bond motifs is 2. The number of halogens is 1. The van der Waals surface area contributed by atoms with E-state index < -0.39 is 15.9 Å². The fourth-order valence-electron chi connectivity index (χ4n) is 4.34. The van der Waals surface area contributed by atoms with Gasteiger partial charge in [-0.1, -0.05) is 72.3 Å². The summed E-state index contributed by atoms with van der Waals surface area (Å²) in [6.07, 6.45) is 2.81. The highest BCUT2D eigenvalue weighted by Gasteiger charge is 2.18. The predicted octanol–water partition coefficient (Wildman–Crippen LogP) is 6.38. The first-order valence-electron chi connectivity index (χ1n) is 11.9. The summed E-state index contributed by atoms with van der Waals surface area (Å²) in [5, 5.41) is 9.06. The van der Waals surface area contributed by atoms with Gasteiger partial charge >= 0.3 is 0 Å². The van der Waals surface area contributed by atoms with Crippen molar-refractivity contribution in [3.8, 4) is 0 Å². The monoisotopic (exact) mass is 541 g/mol. The van der Waals surface area contributed by atoms with Crippen molar-refractivity contribution in [1.29, 1.82) is 0 Å². The number of hydrogen-bond donors (Lipinski definition) is 1. The second-order valence-corrected chi connectivity index (χ2v) is 11.2. The minimum atomic E-state index is -3.56. The normalized spacial score (nSPS) is 11.7. The molecule has 0 fully saturated rings. The van der Waals surface area contributed by atoms with Crippen LogP contribution in [0.3, 0.4) is 0 Å². The van der Waals surface area contributed by atoms with Crippen molar-refractivity contribution >= 4 is 61.0 Å². The minimum absolute atomic E-state index is 0.144. The van der Waals surface area contributed by atoms with E-state index in [1.54, 1.807) is 54.7 Å². The maximum Gasteiger partial charge on any atom is 0.271 e. The van der Waals surface area contributed by atoms with Gasteiger partial charge in [0, 0.05) is 16.1 Å². The van der Waals surface area contributed by atoms with E-state index in [-0.39, 0.29) is 6.54 Å². The summed E-state index contributed by atoms with van der Waals surface area (Å²) >= 11 is 5.94. The molecular formula is C30H24ClN3O3S. The second-order valence-electron chi connectivity index (χ2n) is 8.87. The summed E-state index contributed by atoms with van der Waals surface area (Å²) in [6, 6.07) is 31.6. The van der Waals surface area contributed by atoms with E-state index >= 15 is 0 Å². The van der Waals surface area contributed by atoms with Gasteiger partial charge in [0.05, 0.1) is 24.7 Å². The summed E-state index contributed by atoms with van der Waals surface area (Å²) in [4.78, 5) is 12.8. The first-order chi connectivity index (χ1) is 18.3. The molecule has 0 aliphatic rings. The van der Waals surface area contributed by atoms with Crippen molar-refractivity contribution in [1.82, 2.24) is 5.43 Å². The molecule has 0 saturated carbocycles. The number of anilines is 1. The van der Waals surface area contributed by atoms with Gasteiger partial charge in [-0.3, -0.25) is 9.10 Å². The molecule has 1 amide bonds. The molecule has 0 saturated heterocycles. The first-order valence-corrected chi connectivity index (χ1v) is 14.1. The van der Waals surface area contributed by atoms with Crippen LogP contribution in [-0.2, 0) is 16.6 Å². The Bertz CT molecular complexity index is 1710. The predicted molar refractivity (Wildman–Crippen MR) is 155 cm³/mol. The van der Waals surface area contributed by atoms with Crippen molar-refractivity contribution < 1.29 is 13.2 Å². The van der Waals surface area contributed by atoms with E-state index in [0.29, 0.717) is 16.3 Å². The molecule has 190 valence electrons. The summed E-state index contributed by atoms with van der Waals surface area (Å²) in [5.41, 5.74) is 5.10. The van der Waals surface area contributed by atoms with Crippen LogP contribution in [0.5, 0.6) is 0 Å². The lowest BCUT2D eigenvalue weighted by Crippen LogP contribution is -2.29. The van der Waals surface area contributed by atoms with Crippen LogP contribution in [0.25, 0.3) is 21.5 Å². The quantitative estimate of drug-likeness (QED) is 0.147. The Morgan fingerprint density at radius 2 is 1.45 bits per heavy atom. The molecule has 5 rings (SSSR count). The number of carbonyl (C=O) groups is 1. The third kappa shape index (κ3) is 5.54. The molecule has 0 aliphatic heterocycles. The highest BCUT2D eigenvalue weighted by Crippen LogP contribution is 2.27. The zero-order valence-electron chi connectivity index (χ0n) is 20.5. The molecule has 6 nitrogen and oxygen atoms in total. The lowest BCUT2D eigenvalue weighted by atomic mass is 9.97. The lowest BCUT2D eigenvalue weighted by Gasteiger charge is -2.22. The van der Waals surface area contributed by atoms with Gasteiger partial charge in [-0.15, -0.1) is 0 Å². The number of benzene rings is 5. The van der Waals surface area contributed by atoms with Gasteiger partial charge in [-0.05, 0) is 69.6 Å². The Hall–Kier alpha value is -4.20.